The topological polar surface area (TPSA) is 32.8 Å². The van der Waals surface area contributed by atoms with E-state index in [-0.39, 0.29) is 18.0 Å². The van der Waals surface area contributed by atoms with Gasteiger partial charge in [-0.25, -0.2) is 0 Å². The Labute approximate surface area is 160 Å². The van der Waals surface area contributed by atoms with Crippen LogP contribution in [0.1, 0.15) is 48.4 Å². The van der Waals surface area contributed by atoms with E-state index in [1.807, 2.05) is 30.5 Å². The molecule has 0 saturated carbocycles. The minimum Gasteiger partial charge on any atom is -0.497 e. The molecule has 2 atom stereocenters. The van der Waals surface area contributed by atoms with Gasteiger partial charge >= 0.3 is 0 Å². The van der Waals surface area contributed by atoms with Gasteiger partial charge in [-0.3, -0.25) is 9.69 Å². The summed E-state index contributed by atoms with van der Waals surface area (Å²) in [5, 5.41) is 2.15. The number of carbonyl (C=O) groups is 1. The first-order chi connectivity index (χ1) is 12.5. The molecule has 2 unspecified atom stereocenters. The molecule has 4 nitrogen and oxygen atoms in total. The lowest BCUT2D eigenvalue weighted by molar-refractivity contribution is -0.135. The summed E-state index contributed by atoms with van der Waals surface area (Å²) in [5.41, 5.74) is 2.54. The van der Waals surface area contributed by atoms with Gasteiger partial charge in [-0.15, -0.1) is 11.3 Å². The summed E-state index contributed by atoms with van der Waals surface area (Å²) in [6.07, 6.45) is 1.94. The van der Waals surface area contributed by atoms with Crippen molar-refractivity contribution in [2.24, 2.45) is 0 Å². The van der Waals surface area contributed by atoms with E-state index >= 15 is 0 Å². The highest BCUT2D eigenvalue weighted by atomic mass is 32.1. The molecule has 0 spiro atoms. The Morgan fingerprint density at radius 2 is 2.08 bits per heavy atom. The SMILES string of the molecule is CCC1c2ccsc2CCN1C(=O)CN(C)C(C)c1ccc(OC)cc1. The minimum absolute atomic E-state index is 0.173. The molecule has 1 aliphatic rings. The maximum atomic E-state index is 13.0. The van der Waals surface area contributed by atoms with Crippen molar-refractivity contribution in [2.75, 3.05) is 27.2 Å². The molecule has 0 aliphatic carbocycles. The Kier molecular flexibility index (Phi) is 5.99. The Morgan fingerprint density at radius 1 is 1.35 bits per heavy atom. The van der Waals surface area contributed by atoms with Crippen LogP contribution in [0.3, 0.4) is 0 Å². The van der Waals surface area contributed by atoms with E-state index < -0.39 is 0 Å². The number of methoxy groups -OCH3 is 1. The second kappa shape index (κ2) is 8.23. The highest BCUT2D eigenvalue weighted by molar-refractivity contribution is 7.10. The van der Waals surface area contributed by atoms with Crippen molar-refractivity contribution in [1.82, 2.24) is 9.80 Å². The van der Waals surface area contributed by atoms with E-state index in [0.29, 0.717) is 6.54 Å². The first-order valence-electron chi connectivity index (χ1n) is 9.25. The van der Waals surface area contributed by atoms with E-state index in [2.05, 4.69) is 47.2 Å². The van der Waals surface area contributed by atoms with Gasteiger partial charge in [0.15, 0.2) is 0 Å². The number of benzene rings is 1. The average Bonchev–Trinajstić information content (AvgIpc) is 3.15. The molecule has 1 amide bonds. The first-order valence-corrected chi connectivity index (χ1v) is 10.1. The fourth-order valence-corrected chi connectivity index (χ4v) is 4.64. The van der Waals surface area contributed by atoms with Crippen molar-refractivity contribution in [2.45, 2.75) is 38.8 Å². The lowest BCUT2D eigenvalue weighted by atomic mass is 9.97. The summed E-state index contributed by atoms with van der Waals surface area (Å²) in [6, 6.07) is 10.7. The van der Waals surface area contributed by atoms with Crippen molar-refractivity contribution < 1.29 is 9.53 Å². The predicted molar refractivity (Wildman–Crippen MR) is 107 cm³/mol. The van der Waals surface area contributed by atoms with Crippen LogP contribution in [-0.2, 0) is 11.2 Å². The number of rotatable bonds is 6. The molecule has 26 heavy (non-hydrogen) atoms. The van der Waals surface area contributed by atoms with Crippen molar-refractivity contribution in [3.05, 3.63) is 51.7 Å². The van der Waals surface area contributed by atoms with Gasteiger partial charge in [0, 0.05) is 17.5 Å². The van der Waals surface area contributed by atoms with E-state index in [4.69, 9.17) is 4.74 Å². The average molecular weight is 373 g/mol. The van der Waals surface area contributed by atoms with Crippen molar-refractivity contribution >= 4 is 17.2 Å². The van der Waals surface area contributed by atoms with Crippen LogP contribution in [0.5, 0.6) is 5.75 Å². The lowest BCUT2D eigenvalue weighted by Gasteiger charge is -2.37. The Balaban J connectivity index is 1.66. The number of nitrogens with zero attached hydrogens (tertiary/aromatic N) is 2. The van der Waals surface area contributed by atoms with Crippen LogP contribution in [0.2, 0.25) is 0 Å². The maximum absolute atomic E-state index is 13.0. The number of fused-ring (bicyclic) bond motifs is 1. The van der Waals surface area contributed by atoms with E-state index in [1.165, 1.54) is 16.0 Å². The molecular formula is C21H28N2O2S. The van der Waals surface area contributed by atoms with Gasteiger partial charge in [0.05, 0.1) is 19.7 Å². The van der Waals surface area contributed by atoms with Crippen LogP contribution in [0, 0.1) is 0 Å². The van der Waals surface area contributed by atoms with Crippen LogP contribution in [-0.4, -0.2) is 43.0 Å². The normalized spacial score (nSPS) is 17.9. The van der Waals surface area contributed by atoms with E-state index in [0.717, 1.165) is 25.1 Å². The monoisotopic (exact) mass is 372 g/mol. The van der Waals surface area contributed by atoms with E-state index in [9.17, 15) is 4.79 Å². The predicted octanol–water partition coefficient (Wildman–Crippen LogP) is 4.29. The summed E-state index contributed by atoms with van der Waals surface area (Å²) >= 11 is 1.82. The summed E-state index contributed by atoms with van der Waals surface area (Å²) in [5.74, 6) is 1.07. The smallest absolute Gasteiger partial charge is 0.237 e. The number of amides is 1. The zero-order valence-electron chi connectivity index (χ0n) is 16.1. The fraction of sp³-hybridized carbons (Fsp3) is 0.476. The summed E-state index contributed by atoms with van der Waals surface area (Å²) < 4.78 is 5.23. The van der Waals surface area contributed by atoms with Crippen molar-refractivity contribution in [3.63, 3.8) is 0 Å². The third-order valence-corrected chi connectivity index (χ3v) is 6.44. The van der Waals surface area contributed by atoms with Crippen LogP contribution in [0.25, 0.3) is 0 Å². The molecule has 2 aromatic rings. The molecule has 3 rings (SSSR count). The number of likely N-dealkylation sites (N-methyl/N-ethyl adjacent to an activating group) is 1. The quantitative estimate of drug-likeness (QED) is 0.758. The molecule has 0 saturated heterocycles. The van der Waals surface area contributed by atoms with Crippen molar-refractivity contribution in [1.29, 1.82) is 0 Å². The Hall–Kier alpha value is -1.85. The van der Waals surface area contributed by atoms with Gasteiger partial charge in [0.1, 0.15) is 5.75 Å². The third kappa shape index (κ3) is 3.79. The number of carbonyl (C=O) groups excluding carboxylic acids is 1. The number of ether oxygens (including phenoxy) is 1. The summed E-state index contributed by atoms with van der Waals surface area (Å²) in [7, 11) is 3.69. The maximum Gasteiger partial charge on any atom is 0.237 e. The van der Waals surface area contributed by atoms with Crippen molar-refractivity contribution in [3.8, 4) is 5.75 Å². The molecule has 1 aliphatic heterocycles. The number of thiophene rings is 1. The molecule has 140 valence electrons. The molecule has 0 bridgehead atoms. The third-order valence-electron chi connectivity index (χ3n) is 5.45. The Bertz CT molecular complexity index is 741. The first kappa shape index (κ1) is 18.9. The standard InChI is InChI=1S/C21H28N2O2S/c1-5-19-18-11-13-26-20(18)10-12-23(19)21(24)14-22(3)15(2)16-6-8-17(25-4)9-7-16/h6-9,11,13,15,19H,5,10,12,14H2,1-4H3. The number of hydrogen-bond acceptors (Lipinski definition) is 4. The van der Waals surface area contributed by atoms with Gasteiger partial charge in [-0.1, -0.05) is 19.1 Å². The summed E-state index contributed by atoms with van der Waals surface area (Å²) in [6.45, 7) is 5.57. The summed E-state index contributed by atoms with van der Waals surface area (Å²) in [4.78, 5) is 18.7. The molecular weight excluding hydrogens is 344 g/mol. The van der Waals surface area contributed by atoms with Crippen LogP contribution >= 0.6 is 11.3 Å². The second-order valence-corrected chi connectivity index (χ2v) is 7.93. The molecule has 1 aromatic carbocycles. The minimum atomic E-state index is 0.173. The zero-order chi connectivity index (χ0) is 18.7. The van der Waals surface area contributed by atoms with Gasteiger partial charge in [0.2, 0.25) is 5.91 Å². The van der Waals surface area contributed by atoms with Gasteiger partial charge < -0.3 is 9.64 Å². The van der Waals surface area contributed by atoms with Gasteiger partial charge in [0.25, 0.3) is 0 Å². The second-order valence-electron chi connectivity index (χ2n) is 6.92. The van der Waals surface area contributed by atoms with Crippen LogP contribution in [0.15, 0.2) is 35.7 Å². The van der Waals surface area contributed by atoms with Crippen LogP contribution in [0.4, 0.5) is 0 Å². The molecule has 1 aromatic heterocycles. The highest BCUT2D eigenvalue weighted by Gasteiger charge is 2.31. The molecule has 2 heterocycles. The zero-order valence-corrected chi connectivity index (χ0v) is 16.9. The van der Waals surface area contributed by atoms with Gasteiger partial charge in [-0.05, 0) is 61.5 Å². The van der Waals surface area contributed by atoms with Gasteiger partial charge in [-0.2, -0.15) is 0 Å². The van der Waals surface area contributed by atoms with E-state index in [1.54, 1.807) is 7.11 Å². The molecule has 5 heteroatoms. The number of hydrogen-bond donors (Lipinski definition) is 0. The highest BCUT2D eigenvalue weighted by Crippen LogP contribution is 2.35. The molecule has 0 radical (unpaired) electrons. The molecule has 0 fully saturated rings. The largest absolute Gasteiger partial charge is 0.497 e. The fourth-order valence-electron chi connectivity index (χ4n) is 3.71. The molecule has 0 N–H and O–H groups in total. The van der Waals surface area contributed by atoms with Crippen LogP contribution < -0.4 is 4.74 Å². The lowest BCUT2D eigenvalue weighted by Crippen LogP contribution is -2.44. The Morgan fingerprint density at radius 3 is 2.73 bits per heavy atom.